The molecule has 2 N–H and O–H groups in total. The van der Waals surface area contributed by atoms with Gasteiger partial charge in [-0.1, -0.05) is 26.7 Å². The lowest BCUT2D eigenvalue weighted by Gasteiger charge is -2.41. The van der Waals surface area contributed by atoms with Crippen LogP contribution in [0, 0.1) is 5.92 Å². The van der Waals surface area contributed by atoms with Crippen LogP contribution in [0.2, 0.25) is 0 Å². The van der Waals surface area contributed by atoms with E-state index in [1.807, 2.05) is 13.8 Å². The molecular formula is C15H26N2O4. The quantitative estimate of drug-likeness (QED) is 0.833. The summed E-state index contributed by atoms with van der Waals surface area (Å²) in [6.45, 7) is 5.62. The summed E-state index contributed by atoms with van der Waals surface area (Å²) in [6, 6.07) is -0.229. The molecule has 0 aromatic heterocycles. The number of ether oxygens (including phenoxy) is 1. The average Bonchev–Trinajstić information content (AvgIpc) is 2.47. The van der Waals surface area contributed by atoms with Crippen molar-refractivity contribution in [3.63, 3.8) is 0 Å². The van der Waals surface area contributed by atoms with Gasteiger partial charge in [-0.15, -0.1) is 0 Å². The van der Waals surface area contributed by atoms with Crippen molar-refractivity contribution in [3.05, 3.63) is 0 Å². The number of nitrogens with one attached hydrogen (secondary N) is 1. The molecule has 3 atom stereocenters. The van der Waals surface area contributed by atoms with Crippen molar-refractivity contribution >= 4 is 12.0 Å². The van der Waals surface area contributed by atoms with E-state index in [9.17, 15) is 14.7 Å². The number of aliphatic carboxylic acids is 1. The third-order valence-electron chi connectivity index (χ3n) is 4.71. The molecule has 0 aromatic rings. The van der Waals surface area contributed by atoms with Gasteiger partial charge in [-0.05, 0) is 25.2 Å². The number of carboxylic acid groups (broad SMARTS) is 1. The molecule has 2 fully saturated rings. The van der Waals surface area contributed by atoms with E-state index in [4.69, 9.17) is 4.74 Å². The van der Waals surface area contributed by atoms with E-state index in [0.29, 0.717) is 38.5 Å². The first-order valence-electron chi connectivity index (χ1n) is 7.88. The van der Waals surface area contributed by atoms with E-state index in [0.717, 1.165) is 19.3 Å². The maximum atomic E-state index is 12.5. The zero-order valence-electron chi connectivity index (χ0n) is 12.9. The number of carboxylic acids is 1. The average molecular weight is 298 g/mol. The van der Waals surface area contributed by atoms with Gasteiger partial charge in [-0.25, -0.2) is 9.59 Å². The minimum absolute atomic E-state index is 0.0330. The molecule has 0 radical (unpaired) electrons. The second-order valence-electron chi connectivity index (χ2n) is 6.35. The lowest BCUT2D eigenvalue weighted by atomic mass is 9.76. The Morgan fingerprint density at radius 3 is 2.86 bits per heavy atom. The second-order valence-corrected chi connectivity index (χ2v) is 6.35. The van der Waals surface area contributed by atoms with Gasteiger partial charge in [0, 0.05) is 6.54 Å². The van der Waals surface area contributed by atoms with Crippen LogP contribution in [0.5, 0.6) is 0 Å². The van der Waals surface area contributed by atoms with Crippen LogP contribution < -0.4 is 5.32 Å². The molecule has 3 unspecified atom stereocenters. The van der Waals surface area contributed by atoms with Gasteiger partial charge >= 0.3 is 12.0 Å². The summed E-state index contributed by atoms with van der Waals surface area (Å²) in [5.74, 6) is -0.592. The number of hydrogen-bond donors (Lipinski definition) is 2. The van der Waals surface area contributed by atoms with Gasteiger partial charge in [0.25, 0.3) is 0 Å². The van der Waals surface area contributed by atoms with Crippen molar-refractivity contribution in [1.82, 2.24) is 10.2 Å². The van der Waals surface area contributed by atoms with Crippen molar-refractivity contribution in [1.29, 1.82) is 0 Å². The van der Waals surface area contributed by atoms with Gasteiger partial charge in [0.1, 0.15) is 5.54 Å². The van der Waals surface area contributed by atoms with Gasteiger partial charge in [-0.3, -0.25) is 0 Å². The summed E-state index contributed by atoms with van der Waals surface area (Å²) >= 11 is 0. The van der Waals surface area contributed by atoms with Crippen molar-refractivity contribution < 1.29 is 19.4 Å². The van der Waals surface area contributed by atoms with Gasteiger partial charge in [0.2, 0.25) is 0 Å². The molecular weight excluding hydrogens is 272 g/mol. The van der Waals surface area contributed by atoms with Crippen molar-refractivity contribution in [2.75, 3.05) is 19.8 Å². The fraction of sp³-hybridized carbons (Fsp3) is 0.867. The lowest BCUT2D eigenvalue weighted by Crippen LogP contribution is -2.62. The summed E-state index contributed by atoms with van der Waals surface area (Å²) in [6.07, 6.45) is 3.70. The Morgan fingerprint density at radius 2 is 2.24 bits per heavy atom. The van der Waals surface area contributed by atoms with E-state index < -0.39 is 11.5 Å². The zero-order valence-corrected chi connectivity index (χ0v) is 12.9. The van der Waals surface area contributed by atoms with E-state index in [1.165, 1.54) is 0 Å². The predicted molar refractivity (Wildman–Crippen MR) is 78.1 cm³/mol. The monoisotopic (exact) mass is 298 g/mol. The number of rotatable bonds is 3. The Bertz CT molecular complexity index is 401. The highest BCUT2D eigenvalue weighted by Gasteiger charge is 2.44. The number of morpholine rings is 1. The summed E-state index contributed by atoms with van der Waals surface area (Å²) in [4.78, 5) is 26.0. The predicted octanol–water partition coefficient (Wildman–Crippen LogP) is 1.84. The van der Waals surface area contributed by atoms with Crippen LogP contribution in [-0.4, -0.2) is 53.3 Å². The van der Waals surface area contributed by atoms with Crippen molar-refractivity contribution in [2.45, 2.75) is 57.5 Å². The molecule has 2 amide bonds. The molecule has 6 heteroatoms. The Balaban J connectivity index is 2.09. The summed E-state index contributed by atoms with van der Waals surface area (Å²) in [5.41, 5.74) is -1.11. The maximum Gasteiger partial charge on any atom is 0.329 e. The Labute approximate surface area is 125 Å². The highest BCUT2D eigenvalue weighted by atomic mass is 16.5. The van der Waals surface area contributed by atoms with Crippen LogP contribution in [0.1, 0.15) is 46.0 Å². The molecule has 1 heterocycles. The van der Waals surface area contributed by atoms with Crippen LogP contribution >= 0.6 is 0 Å². The lowest BCUT2D eigenvalue weighted by molar-refractivity contribution is -0.146. The molecule has 1 saturated carbocycles. The van der Waals surface area contributed by atoms with Crippen molar-refractivity contribution in [2.24, 2.45) is 5.92 Å². The molecule has 120 valence electrons. The van der Waals surface area contributed by atoms with Crippen LogP contribution in [0.15, 0.2) is 0 Å². The summed E-state index contributed by atoms with van der Waals surface area (Å²) < 4.78 is 5.40. The first-order chi connectivity index (χ1) is 9.98. The van der Waals surface area contributed by atoms with Gasteiger partial charge in [0.15, 0.2) is 0 Å². The number of carbonyl (C=O) groups is 2. The van der Waals surface area contributed by atoms with Crippen LogP contribution in [0.4, 0.5) is 4.79 Å². The topological polar surface area (TPSA) is 78.9 Å². The summed E-state index contributed by atoms with van der Waals surface area (Å²) in [5, 5.41) is 12.4. The molecule has 1 saturated heterocycles. The standard InChI is InChI=1S/C15H26N2O4/c1-3-12-10-21-8-7-17(12)14(20)16-15(13(18)19)6-4-5-11(2)9-15/h11-12H,3-10H2,1-2H3,(H,16,20)(H,18,19). The molecule has 1 aliphatic heterocycles. The van der Waals surface area contributed by atoms with Gasteiger partial charge in [-0.2, -0.15) is 0 Å². The number of hydrogen-bond acceptors (Lipinski definition) is 3. The van der Waals surface area contributed by atoms with Crippen LogP contribution in [0.25, 0.3) is 0 Å². The Hall–Kier alpha value is -1.30. The molecule has 0 aromatic carbocycles. The number of urea groups is 1. The highest BCUT2D eigenvalue weighted by Crippen LogP contribution is 2.33. The maximum absolute atomic E-state index is 12.5. The van der Waals surface area contributed by atoms with Crippen LogP contribution in [-0.2, 0) is 9.53 Å². The zero-order chi connectivity index (χ0) is 15.5. The third-order valence-corrected chi connectivity index (χ3v) is 4.71. The SMILES string of the molecule is CCC1COCCN1C(=O)NC1(C(=O)O)CCCC(C)C1. The van der Waals surface area contributed by atoms with Gasteiger partial charge in [0.05, 0.1) is 19.3 Å². The van der Waals surface area contributed by atoms with E-state index >= 15 is 0 Å². The van der Waals surface area contributed by atoms with Crippen LogP contribution in [0.3, 0.4) is 0 Å². The molecule has 1 aliphatic carbocycles. The fourth-order valence-corrected chi connectivity index (χ4v) is 3.45. The molecule has 6 nitrogen and oxygen atoms in total. The molecule has 0 bridgehead atoms. The first-order valence-corrected chi connectivity index (χ1v) is 7.88. The number of nitrogens with zero attached hydrogens (tertiary/aromatic N) is 1. The highest BCUT2D eigenvalue weighted by molar-refractivity contribution is 5.86. The van der Waals surface area contributed by atoms with E-state index in [-0.39, 0.29) is 12.1 Å². The van der Waals surface area contributed by atoms with E-state index in [2.05, 4.69) is 5.32 Å². The fourth-order valence-electron chi connectivity index (χ4n) is 3.45. The normalized spacial score (nSPS) is 33.5. The Morgan fingerprint density at radius 1 is 1.48 bits per heavy atom. The smallest absolute Gasteiger partial charge is 0.329 e. The Kier molecular flexibility index (Phi) is 5.08. The summed E-state index contributed by atoms with van der Waals surface area (Å²) in [7, 11) is 0. The minimum atomic E-state index is -1.11. The van der Waals surface area contributed by atoms with Crippen molar-refractivity contribution in [3.8, 4) is 0 Å². The minimum Gasteiger partial charge on any atom is -0.480 e. The molecule has 21 heavy (non-hydrogen) atoms. The van der Waals surface area contributed by atoms with Gasteiger partial charge < -0.3 is 20.1 Å². The third kappa shape index (κ3) is 3.48. The second kappa shape index (κ2) is 6.64. The number of carbonyl (C=O) groups excluding carboxylic acids is 1. The number of amides is 2. The largest absolute Gasteiger partial charge is 0.480 e. The molecule has 2 aliphatic rings. The molecule has 0 spiro atoms. The van der Waals surface area contributed by atoms with E-state index in [1.54, 1.807) is 4.90 Å². The first kappa shape index (κ1) is 16.1. The molecule has 2 rings (SSSR count).